The van der Waals surface area contributed by atoms with E-state index in [1.807, 2.05) is 41.9 Å². The Kier molecular flexibility index (Phi) is 3.09. The summed E-state index contributed by atoms with van der Waals surface area (Å²) in [7, 11) is 0. The van der Waals surface area contributed by atoms with Crippen LogP contribution in [-0.2, 0) is 0 Å². The van der Waals surface area contributed by atoms with Crippen LogP contribution in [0.4, 0.5) is 0 Å². The summed E-state index contributed by atoms with van der Waals surface area (Å²) in [5.74, 6) is 0. The van der Waals surface area contributed by atoms with Gasteiger partial charge in [0, 0.05) is 17.2 Å². The molecule has 1 aromatic heterocycles. The second-order valence-electron chi connectivity index (χ2n) is 4.41. The Labute approximate surface area is 101 Å². The topological polar surface area (TPSA) is 34.9 Å². The van der Waals surface area contributed by atoms with Crippen LogP contribution in [0.5, 0.6) is 0 Å². The summed E-state index contributed by atoms with van der Waals surface area (Å²) < 4.78 is 1.96. The van der Waals surface area contributed by atoms with Crippen molar-refractivity contribution in [3.63, 3.8) is 0 Å². The summed E-state index contributed by atoms with van der Waals surface area (Å²) >= 11 is 0. The summed E-state index contributed by atoms with van der Waals surface area (Å²) in [5.41, 5.74) is 3.61. The minimum Gasteiger partial charge on any atom is -0.298 e. The Morgan fingerprint density at radius 3 is 2.65 bits per heavy atom. The van der Waals surface area contributed by atoms with Crippen LogP contribution in [0.3, 0.4) is 0 Å². The maximum Gasteiger partial charge on any atom is 0.150 e. The predicted octanol–water partition coefficient (Wildman–Crippen LogP) is 3.25. The van der Waals surface area contributed by atoms with Gasteiger partial charge in [-0.3, -0.25) is 9.48 Å². The van der Waals surface area contributed by atoms with Crippen LogP contribution in [0.2, 0.25) is 0 Å². The molecule has 0 fully saturated rings. The second kappa shape index (κ2) is 4.53. The summed E-state index contributed by atoms with van der Waals surface area (Å²) in [6.07, 6.45) is 0.891. The predicted molar refractivity (Wildman–Crippen MR) is 68.2 cm³/mol. The normalized spacial score (nSPS) is 10.8. The standard InChI is InChI=1S/C14H16N2O/c1-10(2)16-14(8-11(3)15-16)13-7-5-4-6-12(13)9-17/h4-10H,1-3H3. The number of benzene rings is 1. The smallest absolute Gasteiger partial charge is 0.150 e. The van der Waals surface area contributed by atoms with E-state index in [0.717, 1.165) is 23.2 Å². The van der Waals surface area contributed by atoms with Crippen LogP contribution in [0, 0.1) is 6.92 Å². The SMILES string of the molecule is Cc1cc(-c2ccccc2C=O)n(C(C)C)n1. The third-order valence-corrected chi connectivity index (χ3v) is 2.71. The fourth-order valence-electron chi connectivity index (χ4n) is 1.94. The van der Waals surface area contributed by atoms with Crippen LogP contribution in [0.25, 0.3) is 11.3 Å². The van der Waals surface area contributed by atoms with Crippen LogP contribution in [-0.4, -0.2) is 16.1 Å². The summed E-state index contributed by atoms with van der Waals surface area (Å²) in [6.45, 7) is 6.13. The molecule has 2 aromatic rings. The van der Waals surface area contributed by atoms with Crippen molar-refractivity contribution in [2.24, 2.45) is 0 Å². The number of nitrogens with zero attached hydrogens (tertiary/aromatic N) is 2. The highest BCUT2D eigenvalue weighted by Crippen LogP contribution is 2.25. The van der Waals surface area contributed by atoms with Crippen LogP contribution in [0.1, 0.15) is 35.9 Å². The van der Waals surface area contributed by atoms with Gasteiger partial charge in [-0.05, 0) is 26.8 Å². The highest BCUT2D eigenvalue weighted by Gasteiger charge is 2.12. The van der Waals surface area contributed by atoms with E-state index < -0.39 is 0 Å². The molecule has 0 spiro atoms. The molecule has 0 saturated carbocycles. The quantitative estimate of drug-likeness (QED) is 0.756. The Bertz CT molecular complexity index is 541. The number of aromatic nitrogens is 2. The van der Waals surface area contributed by atoms with Gasteiger partial charge in [0.2, 0.25) is 0 Å². The van der Waals surface area contributed by atoms with E-state index in [0.29, 0.717) is 5.56 Å². The van der Waals surface area contributed by atoms with Crippen molar-refractivity contribution in [3.8, 4) is 11.3 Å². The van der Waals surface area contributed by atoms with Crippen molar-refractivity contribution >= 4 is 6.29 Å². The molecule has 0 unspecified atom stereocenters. The largest absolute Gasteiger partial charge is 0.298 e. The van der Waals surface area contributed by atoms with Gasteiger partial charge in [-0.25, -0.2) is 0 Å². The highest BCUT2D eigenvalue weighted by molar-refractivity contribution is 5.86. The molecule has 0 bridgehead atoms. The van der Waals surface area contributed by atoms with Crippen molar-refractivity contribution in [1.82, 2.24) is 9.78 Å². The monoisotopic (exact) mass is 228 g/mol. The maximum atomic E-state index is 11.1. The molecule has 3 nitrogen and oxygen atoms in total. The molecule has 0 aliphatic rings. The molecule has 17 heavy (non-hydrogen) atoms. The molecular weight excluding hydrogens is 212 g/mol. The highest BCUT2D eigenvalue weighted by atomic mass is 16.1. The minimum atomic E-state index is 0.276. The molecule has 88 valence electrons. The number of aldehydes is 1. The zero-order chi connectivity index (χ0) is 12.4. The van der Waals surface area contributed by atoms with E-state index in [2.05, 4.69) is 18.9 Å². The Hall–Kier alpha value is -1.90. The average molecular weight is 228 g/mol. The van der Waals surface area contributed by atoms with Gasteiger partial charge in [-0.15, -0.1) is 0 Å². The maximum absolute atomic E-state index is 11.1. The Balaban J connectivity index is 2.63. The fourth-order valence-corrected chi connectivity index (χ4v) is 1.94. The Morgan fingerprint density at radius 2 is 2.00 bits per heavy atom. The molecule has 0 radical (unpaired) electrons. The third-order valence-electron chi connectivity index (χ3n) is 2.71. The number of hydrogen-bond acceptors (Lipinski definition) is 2. The van der Waals surface area contributed by atoms with Gasteiger partial charge < -0.3 is 0 Å². The van der Waals surface area contributed by atoms with Crippen LogP contribution in [0.15, 0.2) is 30.3 Å². The third kappa shape index (κ3) is 2.13. The second-order valence-corrected chi connectivity index (χ2v) is 4.41. The summed E-state index contributed by atoms with van der Waals surface area (Å²) in [5, 5.41) is 4.46. The summed E-state index contributed by atoms with van der Waals surface area (Å²) in [4.78, 5) is 11.1. The van der Waals surface area contributed by atoms with Gasteiger partial charge in [0.15, 0.2) is 6.29 Å². The number of aryl methyl sites for hydroxylation is 1. The summed E-state index contributed by atoms with van der Waals surface area (Å²) in [6, 6.07) is 9.89. The van der Waals surface area contributed by atoms with Crippen molar-refractivity contribution in [2.75, 3.05) is 0 Å². The van der Waals surface area contributed by atoms with E-state index in [-0.39, 0.29) is 6.04 Å². The molecule has 2 rings (SSSR count). The van der Waals surface area contributed by atoms with Crippen LogP contribution >= 0.6 is 0 Å². The first-order valence-electron chi connectivity index (χ1n) is 5.74. The molecule has 3 heteroatoms. The molecule has 0 amide bonds. The van der Waals surface area contributed by atoms with Crippen molar-refractivity contribution < 1.29 is 4.79 Å². The Morgan fingerprint density at radius 1 is 1.29 bits per heavy atom. The molecule has 0 N–H and O–H groups in total. The number of rotatable bonds is 3. The molecule has 1 aromatic carbocycles. The average Bonchev–Trinajstić information content (AvgIpc) is 2.71. The lowest BCUT2D eigenvalue weighted by molar-refractivity contribution is 0.112. The number of carbonyl (C=O) groups excluding carboxylic acids is 1. The van der Waals surface area contributed by atoms with Crippen LogP contribution < -0.4 is 0 Å². The van der Waals surface area contributed by atoms with Gasteiger partial charge in [0.25, 0.3) is 0 Å². The fraction of sp³-hybridized carbons (Fsp3) is 0.286. The molecule has 0 aliphatic carbocycles. The first-order chi connectivity index (χ1) is 8.13. The van der Waals surface area contributed by atoms with Gasteiger partial charge in [-0.1, -0.05) is 24.3 Å². The molecule has 1 heterocycles. The molecule has 0 atom stereocenters. The van der Waals surface area contributed by atoms with Gasteiger partial charge in [-0.2, -0.15) is 5.10 Å². The lowest BCUT2D eigenvalue weighted by Gasteiger charge is -2.12. The van der Waals surface area contributed by atoms with Crippen molar-refractivity contribution in [1.29, 1.82) is 0 Å². The lowest BCUT2D eigenvalue weighted by Crippen LogP contribution is -2.05. The van der Waals surface area contributed by atoms with Crippen molar-refractivity contribution in [2.45, 2.75) is 26.8 Å². The zero-order valence-corrected chi connectivity index (χ0v) is 10.3. The number of carbonyl (C=O) groups is 1. The molecular formula is C14H16N2O. The van der Waals surface area contributed by atoms with Gasteiger partial charge in [0.05, 0.1) is 11.4 Å². The first-order valence-corrected chi connectivity index (χ1v) is 5.74. The zero-order valence-electron chi connectivity index (χ0n) is 10.3. The van der Waals surface area contributed by atoms with E-state index in [4.69, 9.17) is 0 Å². The van der Waals surface area contributed by atoms with Crippen molar-refractivity contribution in [3.05, 3.63) is 41.6 Å². The van der Waals surface area contributed by atoms with Gasteiger partial charge >= 0.3 is 0 Å². The lowest BCUT2D eigenvalue weighted by atomic mass is 10.1. The van der Waals surface area contributed by atoms with E-state index >= 15 is 0 Å². The van der Waals surface area contributed by atoms with Gasteiger partial charge in [0.1, 0.15) is 0 Å². The van der Waals surface area contributed by atoms with E-state index in [1.165, 1.54) is 0 Å². The minimum absolute atomic E-state index is 0.276. The first kappa shape index (κ1) is 11.6. The van der Waals surface area contributed by atoms with E-state index in [1.54, 1.807) is 0 Å². The molecule has 0 saturated heterocycles. The molecule has 0 aliphatic heterocycles. The van der Waals surface area contributed by atoms with E-state index in [9.17, 15) is 4.79 Å². The number of hydrogen-bond donors (Lipinski definition) is 0.